The lowest BCUT2D eigenvalue weighted by Crippen LogP contribution is -2.47. The Labute approximate surface area is 140 Å². The first-order valence-corrected chi connectivity index (χ1v) is 7.54. The third kappa shape index (κ3) is 5.08. The number of nitrogens with one attached hydrogen (secondary N) is 2. The molecule has 128 valence electrons. The molecule has 0 radical (unpaired) electrons. The Morgan fingerprint density at radius 3 is 2.25 bits per heavy atom. The van der Waals surface area contributed by atoms with E-state index in [1.54, 1.807) is 43.7 Å². The summed E-state index contributed by atoms with van der Waals surface area (Å²) in [6.07, 6.45) is 3.18. The van der Waals surface area contributed by atoms with Gasteiger partial charge >= 0.3 is 6.03 Å². The molecule has 8 heteroatoms. The molecule has 1 aromatic carbocycles. The lowest BCUT2D eigenvalue weighted by Gasteiger charge is -2.23. The minimum atomic E-state index is -0.357. The highest BCUT2D eigenvalue weighted by Crippen LogP contribution is 2.12. The van der Waals surface area contributed by atoms with Crippen LogP contribution < -0.4 is 10.6 Å². The highest BCUT2D eigenvalue weighted by atomic mass is 16.2. The van der Waals surface area contributed by atoms with Crippen molar-refractivity contribution >= 4 is 17.6 Å². The SMILES string of the molecule is CN(CC(=O)NC(C)(C)C)C(=O)Nc1ccc(-n2nccn2)cc1. The predicted molar refractivity (Wildman–Crippen MR) is 90.9 cm³/mol. The van der Waals surface area contributed by atoms with Gasteiger partial charge in [0.25, 0.3) is 0 Å². The summed E-state index contributed by atoms with van der Waals surface area (Å²) < 4.78 is 0. The minimum absolute atomic E-state index is 0.0155. The van der Waals surface area contributed by atoms with Crippen LogP contribution in [0.15, 0.2) is 36.7 Å². The maximum atomic E-state index is 12.1. The number of carbonyl (C=O) groups excluding carboxylic acids is 2. The van der Waals surface area contributed by atoms with E-state index < -0.39 is 0 Å². The Hall–Kier alpha value is -2.90. The molecule has 0 saturated carbocycles. The molecule has 2 rings (SSSR count). The van der Waals surface area contributed by atoms with E-state index in [0.717, 1.165) is 5.69 Å². The molecule has 0 spiro atoms. The second kappa shape index (κ2) is 7.12. The third-order valence-corrected chi connectivity index (χ3v) is 3.01. The van der Waals surface area contributed by atoms with E-state index in [0.29, 0.717) is 5.69 Å². The number of aromatic nitrogens is 3. The van der Waals surface area contributed by atoms with Gasteiger partial charge in [-0.1, -0.05) is 0 Å². The van der Waals surface area contributed by atoms with Crippen LogP contribution in [0.1, 0.15) is 20.8 Å². The molecule has 0 unspecified atom stereocenters. The van der Waals surface area contributed by atoms with Crippen LogP contribution in [0.3, 0.4) is 0 Å². The largest absolute Gasteiger partial charge is 0.350 e. The van der Waals surface area contributed by atoms with Crippen LogP contribution in [-0.2, 0) is 4.79 Å². The normalized spacial score (nSPS) is 11.0. The number of likely N-dealkylation sites (N-methyl/N-ethyl adjacent to an activating group) is 1. The van der Waals surface area contributed by atoms with Crippen molar-refractivity contribution in [3.8, 4) is 5.69 Å². The maximum absolute atomic E-state index is 12.1. The van der Waals surface area contributed by atoms with Crippen molar-refractivity contribution in [2.45, 2.75) is 26.3 Å². The van der Waals surface area contributed by atoms with Crippen LogP contribution in [-0.4, -0.2) is 51.0 Å². The summed E-state index contributed by atoms with van der Waals surface area (Å²) in [7, 11) is 1.57. The lowest BCUT2D eigenvalue weighted by molar-refractivity contribution is -0.122. The molecule has 0 atom stereocenters. The zero-order valence-corrected chi connectivity index (χ0v) is 14.3. The van der Waals surface area contributed by atoms with Crippen LogP contribution in [0.5, 0.6) is 0 Å². The molecule has 3 amide bonds. The first kappa shape index (κ1) is 17.5. The molecule has 0 aliphatic heterocycles. The van der Waals surface area contributed by atoms with Crippen molar-refractivity contribution in [2.75, 3.05) is 18.9 Å². The van der Waals surface area contributed by atoms with E-state index in [1.165, 1.54) is 9.70 Å². The second-order valence-electron chi connectivity index (χ2n) is 6.45. The van der Waals surface area contributed by atoms with E-state index in [2.05, 4.69) is 20.8 Å². The molecule has 8 nitrogen and oxygen atoms in total. The monoisotopic (exact) mass is 330 g/mol. The van der Waals surface area contributed by atoms with Gasteiger partial charge in [-0.25, -0.2) is 4.79 Å². The topological polar surface area (TPSA) is 92.2 Å². The summed E-state index contributed by atoms with van der Waals surface area (Å²) in [6.45, 7) is 5.65. The summed E-state index contributed by atoms with van der Waals surface area (Å²) in [6, 6.07) is 6.73. The van der Waals surface area contributed by atoms with E-state index in [1.807, 2.05) is 20.8 Å². The van der Waals surface area contributed by atoms with Gasteiger partial charge in [0, 0.05) is 18.3 Å². The fourth-order valence-corrected chi connectivity index (χ4v) is 1.99. The highest BCUT2D eigenvalue weighted by Gasteiger charge is 2.17. The van der Waals surface area contributed by atoms with Crippen LogP contribution >= 0.6 is 0 Å². The zero-order valence-electron chi connectivity index (χ0n) is 14.3. The van der Waals surface area contributed by atoms with Gasteiger partial charge in [-0.15, -0.1) is 0 Å². The maximum Gasteiger partial charge on any atom is 0.322 e. The highest BCUT2D eigenvalue weighted by molar-refractivity contribution is 5.92. The molecule has 0 fully saturated rings. The molecule has 24 heavy (non-hydrogen) atoms. The van der Waals surface area contributed by atoms with Crippen molar-refractivity contribution in [3.05, 3.63) is 36.7 Å². The summed E-state index contributed by atoms with van der Waals surface area (Å²) >= 11 is 0. The summed E-state index contributed by atoms with van der Waals surface area (Å²) in [5.74, 6) is -0.208. The first-order valence-electron chi connectivity index (χ1n) is 7.54. The Balaban J connectivity index is 1.90. The fourth-order valence-electron chi connectivity index (χ4n) is 1.99. The molecule has 0 saturated heterocycles. The number of amides is 3. The average molecular weight is 330 g/mol. The van der Waals surface area contributed by atoms with Crippen molar-refractivity contribution in [1.82, 2.24) is 25.2 Å². The van der Waals surface area contributed by atoms with Crippen molar-refractivity contribution in [2.24, 2.45) is 0 Å². The van der Waals surface area contributed by atoms with Gasteiger partial charge in [0.05, 0.1) is 18.1 Å². The number of hydrogen-bond donors (Lipinski definition) is 2. The molecule has 0 aliphatic carbocycles. The predicted octanol–water partition coefficient (Wildman–Crippen LogP) is 1.65. The summed E-state index contributed by atoms with van der Waals surface area (Å²) in [4.78, 5) is 26.8. The molecule has 1 aromatic heterocycles. The number of rotatable bonds is 4. The number of carbonyl (C=O) groups is 2. The van der Waals surface area contributed by atoms with Gasteiger partial charge in [0.2, 0.25) is 5.91 Å². The number of hydrogen-bond acceptors (Lipinski definition) is 4. The van der Waals surface area contributed by atoms with E-state index in [9.17, 15) is 9.59 Å². The average Bonchev–Trinajstić information content (AvgIpc) is 3.00. The van der Waals surface area contributed by atoms with Gasteiger partial charge in [0.1, 0.15) is 6.54 Å². The van der Waals surface area contributed by atoms with Crippen molar-refractivity contribution < 1.29 is 9.59 Å². The Morgan fingerprint density at radius 1 is 1.12 bits per heavy atom. The van der Waals surface area contributed by atoms with Crippen LogP contribution in [0, 0.1) is 0 Å². The van der Waals surface area contributed by atoms with E-state index >= 15 is 0 Å². The van der Waals surface area contributed by atoms with E-state index in [4.69, 9.17) is 0 Å². The number of urea groups is 1. The van der Waals surface area contributed by atoms with Gasteiger partial charge < -0.3 is 15.5 Å². The summed E-state index contributed by atoms with van der Waals surface area (Å²) in [5, 5.41) is 13.6. The van der Waals surface area contributed by atoms with Gasteiger partial charge in [-0.3, -0.25) is 4.79 Å². The van der Waals surface area contributed by atoms with Crippen molar-refractivity contribution in [1.29, 1.82) is 0 Å². The zero-order chi connectivity index (χ0) is 17.7. The minimum Gasteiger partial charge on any atom is -0.350 e. The lowest BCUT2D eigenvalue weighted by atomic mass is 10.1. The molecule has 0 bridgehead atoms. The van der Waals surface area contributed by atoms with Crippen LogP contribution in [0.2, 0.25) is 0 Å². The fraction of sp³-hybridized carbons (Fsp3) is 0.375. The quantitative estimate of drug-likeness (QED) is 0.891. The summed E-state index contributed by atoms with van der Waals surface area (Å²) in [5.41, 5.74) is 1.08. The number of benzene rings is 1. The van der Waals surface area contributed by atoms with Gasteiger partial charge in [-0.2, -0.15) is 15.0 Å². The molecule has 2 aromatic rings. The van der Waals surface area contributed by atoms with Crippen LogP contribution in [0.4, 0.5) is 10.5 Å². The van der Waals surface area contributed by atoms with Gasteiger partial charge in [-0.05, 0) is 45.0 Å². The van der Waals surface area contributed by atoms with Crippen LogP contribution in [0.25, 0.3) is 5.69 Å². The Bertz CT molecular complexity index is 688. The number of anilines is 1. The Kier molecular flexibility index (Phi) is 5.18. The van der Waals surface area contributed by atoms with E-state index in [-0.39, 0.29) is 24.0 Å². The number of nitrogens with zero attached hydrogens (tertiary/aromatic N) is 4. The molecular weight excluding hydrogens is 308 g/mol. The van der Waals surface area contributed by atoms with Gasteiger partial charge in [0.15, 0.2) is 0 Å². The third-order valence-electron chi connectivity index (χ3n) is 3.01. The molecule has 2 N–H and O–H groups in total. The van der Waals surface area contributed by atoms with Crippen molar-refractivity contribution in [3.63, 3.8) is 0 Å². The first-order chi connectivity index (χ1) is 11.2. The standard InChI is InChI=1S/C16H22N6O2/c1-16(2,3)20-14(23)11-21(4)15(24)19-12-5-7-13(8-6-12)22-17-9-10-18-22/h5-10H,11H2,1-4H3,(H,19,24)(H,20,23). The molecule has 1 heterocycles. The molecular formula is C16H22N6O2. The smallest absolute Gasteiger partial charge is 0.322 e. The molecule has 0 aliphatic rings. The second-order valence-corrected chi connectivity index (χ2v) is 6.45. The Morgan fingerprint density at radius 2 is 1.71 bits per heavy atom.